The zero-order valence-electron chi connectivity index (χ0n) is 10.9. The second-order valence-electron chi connectivity index (χ2n) is 3.97. The van der Waals surface area contributed by atoms with Crippen LogP contribution in [0.3, 0.4) is 0 Å². The van der Waals surface area contributed by atoms with E-state index < -0.39 is 0 Å². The molecule has 19 heavy (non-hydrogen) atoms. The molecule has 0 heterocycles. The summed E-state index contributed by atoms with van der Waals surface area (Å²) < 4.78 is 5.53. The Kier molecular flexibility index (Phi) is 7.82. The maximum atomic E-state index is 11.8. The van der Waals surface area contributed by atoms with Gasteiger partial charge in [0.1, 0.15) is 0 Å². The molecule has 1 aromatic carbocycles. The lowest BCUT2D eigenvalue weighted by molar-refractivity contribution is -0.140. The molecule has 0 bridgehead atoms. The van der Waals surface area contributed by atoms with E-state index in [0.29, 0.717) is 12.8 Å². The topological polar surface area (TPSA) is 43.4 Å². The van der Waals surface area contributed by atoms with Gasteiger partial charge in [0.05, 0.1) is 13.5 Å². The molecule has 0 fully saturated rings. The number of hydrogen-bond acceptors (Lipinski definition) is 4. The van der Waals surface area contributed by atoms with Gasteiger partial charge < -0.3 is 4.74 Å². The lowest BCUT2D eigenvalue weighted by Gasteiger charge is -2.02. The number of ether oxygens (including phenoxy) is 1. The first kappa shape index (κ1) is 16.2. The van der Waals surface area contributed by atoms with Crippen molar-refractivity contribution in [3.05, 3.63) is 34.3 Å². The summed E-state index contributed by atoms with van der Waals surface area (Å²) in [7, 11) is 1.39. The Labute approximate surface area is 126 Å². The van der Waals surface area contributed by atoms with Crippen LogP contribution in [-0.2, 0) is 9.53 Å². The third kappa shape index (κ3) is 6.78. The summed E-state index contributed by atoms with van der Waals surface area (Å²) in [6.45, 7) is 0. The van der Waals surface area contributed by atoms with Crippen LogP contribution in [0.1, 0.15) is 29.6 Å². The number of benzene rings is 1. The molecule has 0 unspecified atom stereocenters. The first-order valence-electron chi connectivity index (χ1n) is 6.07. The van der Waals surface area contributed by atoms with Crippen LogP contribution >= 0.6 is 27.7 Å². The van der Waals surface area contributed by atoms with Gasteiger partial charge in [-0.3, -0.25) is 9.59 Å². The molecule has 0 radical (unpaired) electrons. The lowest BCUT2D eigenvalue weighted by atomic mass is 10.1. The first-order valence-corrected chi connectivity index (χ1v) is 8.01. The highest BCUT2D eigenvalue weighted by atomic mass is 79.9. The van der Waals surface area contributed by atoms with Gasteiger partial charge in [-0.2, -0.15) is 11.8 Å². The van der Waals surface area contributed by atoms with Gasteiger partial charge in [-0.1, -0.05) is 28.1 Å². The Balaban J connectivity index is 2.14. The number of thioether (sulfide) groups is 1. The van der Waals surface area contributed by atoms with Gasteiger partial charge in [0.25, 0.3) is 0 Å². The van der Waals surface area contributed by atoms with Gasteiger partial charge in [-0.15, -0.1) is 0 Å². The van der Waals surface area contributed by atoms with Crippen molar-refractivity contribution in [1.82, 2.24) is 0 Å². The molecule has 0 aliphatic heterocycles. The highest BCUT2D eigenvalue weighted by molar-refractivity contribution is 9.10. The predicted molar refractivity (Wildman–Crippen MR) is 81.7 cm³/mol. The van der Waals surface area contributed by atoms with Gasteiger partial charge in [-0.05, 0) is 24.3 Å². The van der Waals surface area contributed by atoms with Gasteiger partial charge in [0.15, 0.2) is 5.78 Å². The van der Waals surface area contributed by atoms with E-state index in [1.165, 1.54) is 7.11 Å². The maximum Gasteiger partial charge on any atom is 0.306 e. The van der Waals surface area contributed by atoms with Crippen molar-refractivity contribution in [2.24, 2.45) is 0 Å². The van der Waals surface area contributed by atoms with E-state index in [1.54, 1.807) is 11.8 Å². The SMILES string of the molecule is COC(=O)CCSCCCC(=O)c1ccc(Br)cc1. The van der Waals surface area contributed by atoms with Crippen LogP contribution in [0, 0.1) is 0 Å². The number of ketones is 1. The fraction of sp³-hybridized carbons (Fsp3) is 0.429. The van der Waals surface area contributed by atoms with Crippen molar-refractivity contribution in [2.45, 2.75) is 19.3 Å². The van der Waals surface area contributed by atoms with Gasteiger partial charge in [-0.25, -0.2) is 0 Å². The Hall–Kier alpha value is -0.810. The van der Waals surface area contributed by atoms with Crippen LogP contribution < -0.4 is 0 Å². The van der Waals surface area contributed by atoms with E-state index in [1.807, 2.05) is 24.3 Å². The highest BCUT2D eigenvalue weighted by Gasteiger charge is 2.05. The summed E-state index contributed by atoms with van der Waals surface area (Å²) >= 11 is 5.02. The molecular weight excluding hydrogens is 328 g/mol. The molecule has 5 heteroatoms. The van der Waals surface area contributed by atoms with Gasteiger partial charge in [0, 0.05) is 22.2 Å². The minimum Gasteiger partial charge on any atom is -0.469 e. The Bertz CT molecular complexity index is 417. The summed E-state index contributed by atoms with van der Waals surface area (Å²) in [5.74, 6) is 1.62. The number of carbonyl (C=O) groups excluding carboxylic acids is 2. The van der Waals surface area contributed by atoms with Crippen LogP contribution in [0.2, 0.25) is 0 Å². The summed E-state index contributed by atoms with van der Waals surface area (Å²) in [4.78, 5) is 22.7. The largest absolute Gasteiger partial charge is 0.469 e. The van der Waals surface area contributed by atoms with Crippen molar-refractivity contribution < 1.29 is 14.3 Å². The maximum absolute atomic E-state index is 11.8. The number of carbonyl (C=O) groups is 2. The fourth-order valence-electron chi connectivity index (χ4n) is 1.47. The standard InChI is InChI=1S/C14H17BrO3S/c1-18-14(17)8-10-19-9-2-3-13(16)11-4-6-12(15)7-5-11/h4-7H,2-3,8-10H2,1H3. The lowest BCUT2D eigenvalue weighted by Crippen LogP contribution is -2.02. The summed E-state index contributed by atoms with van der Waals surface area (Å²) in [6.07, 6.45) is 1.81. The molecule has 0 atom stereocenters. The molecule has 0 saturated heterocycles. The molecule has 0 aliphatic carbocycles. The van der Waals surface area contributed by atoms with E-state index in [4.69, 9.17) is 0 Å². The molecule has 0 N–H and O–H groups in total. The predicted octanol–water partition coefficient (Wildman–Crippen LogP) is 3.71. The Morgan fingerprint density at radius 1 is 1.16 bits per heavy atom. The summed E-state index contributed by atoms with van der Waals surface area (Å²) in [5.41, 5.74) is 0.753. The van der Waals surface area contributed by atoms with Crippen molar-refractivity contribution >= 4 is 39.4 Å². The molecule has 0 spiro atoms. The van der Waals surface area contributed by atoms with Crippen LogP contribution in [0.4, 0.5) is 0 Å². The molecule has 0 aromatic heterocycles. The quantitative estimate of drug-likeness (QED) is 0.409. The Morgan fingerprint density at radius 2 is 1.84 bits per heavy atom. The van der Waals surface area contributed by atoms with E-state index >= 15 is 0 Å². The zero-order chi connectivity index (χ0) is 14.1. The number of esters is 1. The number of methoxy groups -OCH3 is 1. The van der Waals surface area contributed by atoms with Crippen LogP contribution in [0.25, 0.3) is 0 Å². The van der Waals surface area contributed by atoms with Crippen LogP contribution in [0.15, 0.2) is 28.7 Å². The first-order chi connectivity index (χ1) is 9.13. The smallest absolute Gasteiger partial charge is 0.306 e. The van der Waals surface area contributed by atoms with E-state index in [9.17, 15) is 9.59 Å². The van der Waals surface area contributed by atoms with Crippen LogP contribution in [-0.4, -0.2) is 30.4 Å². The number of hydrogen-bond donors (Lipinski definition) is 0. The van der Waals surface area contributed by atoms with Gasteiger partial charge >= 0.3 is 5.97 Å². The van der Waals surface area contributed by atoms with Crippen LogP contribution in [0.5, 0.6) is 0 Å². The molecule has 1 rings (SSSR count). The number of rotatable bonds is 8. The molecule has 104 valence electrons. The van der Waals surface area contributed by atoms with Gasteiger partial charge in [0.2, 0.25) is 0 Å². The van der Waals surface area contributed by atoms with E-state index in [-0.39, 0.29) is 11.8 Å². The highest BCUT2D eigenvalue weighted by Crippen LogP contribution is 2.14. The zero-order valence-corrected chi connectivity index (χ0v) is 13.3. The van der Waals surface area contributed by atoms with Crippen molar-refractivity contribution in [3.63, 3.8) is 0 Å². The summed E-state index contributed by atoms with van der Waals surface area (Å²) in [5, 5.41) is 0. The van der Waals surface area contributed by atoms with E-state index in [0.717, 1.165) is 28.0 Å². The van der Waals surface area contributed by atoms with E-state index in [2.05, 4.69) is 20.7 Å². The molecule has 1 aromatic rings. The number of halogens is 1. The number of Topliss-reactive ketones (excluding diaryl/α,β-unsaturated/α-hetero) is 1. The molecule has 0 saturated carbocycles. The average Bonchev–Trinajstić information content (AvgIpc) is 2.42. The molecule has 0 amide bonds. The molecule has 0 aliphatic rings. The fourth-order valence-corrected chi connectivity index (χ4v) is 2.60. The normalized spacial score (nSPS) is 10.2. The molecular formula is C14H17BrO3S. The minimum atomic E-state index is -0.182. The Morgan fingerprint density at radius 3 is 2.47 bits per heavy atom. The van der Waals surface area contributed by atoms with Crippen molar-refractivity contribution in [1.29, 1.82) is 0 Å². The second kappa shape index (κ2) is 9.15. The molecule has 3 nitrogen and oxygen atoms in total. The summed E-state index contributed by atoms with van der Waals surface area (Å²) in [6, 6.07) is 7.41. The van der Waals surface area contributed by atoms with Crippen molar-refractivity contribution in [3.8, 4) is 0 Å². The second-order valence-corrected chi connectivity index (χ2v) is 6.11. The van der Waals surface area contributed by atoms with Crippen molar-refractivity contribution in [2.75, 3.05) is 18.6 Å². The average molecular weight is 345 g/mol. The third-order valence-electron chi connectivity index (χ3n) is 2.54. The minimum absolute atomic E-state index is 0.168. The monoisotopic (exact) mass is 344 g/mol. The third-order valence-corrected chi connectivity index (χ3v) is 4.14.